The summed E-state index contributed by atoms with van der Waals surface area (Å²) in [4.78, 5) is 12.6. The van der Waals surface area contributed by atoms with E-state index >= 15 is 0 Å². The molecule has 0 saturated carbocycles. The van der Waals surface area contributed by atoms with Gasteiger partial charge in [-0.15, -0.1) is 0 Å². The minimum Gasteiger partial charge on any atom is -0.351 e. The fraction of sp³-hybridized carbons (Fsp3) is 0.950. The fourth-order valence-corrected chi connectivity index (χ4v) is 3.25. The quantitative estimate of drug-likeness (QED) is 0.621. The van der Waals surface area contributed by atoms with Crippen LogP contribution in [0.4, 0.5) is 0 Å². The average Bonchev–Trinajstić information content (AvgIpc) is 2.26. The number of hydrogen-bond donors (Lipinski definition) is 1. The third kappa shape index (κ3) is 10.2. The first-order chi connectivity index (χ1) is 9.60. The van der Waals surface area contributed by atoms with Gasteiger partial charge in [0.2, 0.25) is 5.91 Å². The molecule has 2 nitrogen and oxygen atoms in total. The molecule has 0 bridgehead atoms. The first kappa shape index (κ1) is 23.7. The summed E-state index contributed by atoms with van der Waals surface area (Å²) in [6.07, 6.45) is 2.97. The van der Waals surface area contributed by atoms with Crippen LogP contribution in [0.15, 0.2) is 0 Å². The van der Waals surface area contributed by atoms with E-state index in [1.165, 1.54) is 0 Å². The Morgan fingerprint density at radius 2 is 1.23 bits per heavy atom. The molecule has 1 N–H and O–H groups in total. The van der Waals surface area contributed by atoms with Gasteiger partial charge in [-0.05, 0) is 37.5 Å². The Balaban J connectivity index is 0. The van der Waals surface area contributed by atoms with Gasteiger partial charge >= 0.3 is 0 Å². The number of carbonyl (C=O) groups excluding carboxylic acids is 1. The van der Waals surface area contributed by atoms with E-state index in [1.807, 2.05) is 13.8 Å². The van der Waals surface area contributed by atoms with Crippen LogP contribution in [0.3, 0.4) is 0 Å². The van der Waals surface area contributed by atoms with E-state index in [2.05, 4.69) is 74.6 Å². The molecule has 0 aliphatic heterocycles. The summed E-state index contributed by atoms with van der Waals surface area (Å²) in [6.45, 7) is 25.7. The molecule has 0 fully saturated rings. The van der Waals surface area contributed by atoms with E-state index < -0.39 is 0 Å². The predicted molar refractivity (Wildman–Crippen MR) is 100 cm³/mol. The zero-order chi connectivity index (χ0) is 18.4. The van der Waals surface area contributed by atoms with Crippen molar-refractivity contribution >= 4 is 5.91 Å². The van der Waals surface area contributed by atoms with Crippen LogP contribution in [0.25, 0.3) is 0 Å². The third-order valence-corrected chi connectivity index (χ3v) is 3.92. The molecule has 1 amide bonds. The van der Waals surface area contributed by atoms with Crippen LogP contribution in [0.2, 0.25) is 0 Å². The zero-order valence-corrected chi connectivity index (χ0v) is 17.5. The molecule has 0 saturated heterocycles. The van der Waals surface area contributed by atoms with Gasteiger partial charge in [0.15, 0.2) is 0 Å². The van der Waals surface area contributed by atoms with E-state index in [4.69, 9.17) is 0 Å². The van der Waals surface area contributed by atoms with Crippen molar-refractivity contribution in [2.75, 3.05) is 0 Å². The van der Waals surface area contributed by atoms with Gasteiger partial charge in [-0.1, -0.05) is 75.7 Å². The second kappa shape index (κ2) is 8.36. The first-order valence-corrected chi connectivity index (χ1v) is 8.93. The lowest BCUT2D eigenvalue weighted by atomic mass is 9.72. The average molecular weight is 314 g/mol. The summed E-state index contributed by atoms with van der Waals surface area (Å²) in [5.74, 6) is 0.174. The van der Waals surface area contributed by atoms with Crippen molar-refractivity contribution in [3.8, 4) is 0 Å². The molecule has 0 rings (SSSR count). The molecule has 0 radical (unpaired) electrons. The van der Waals surface area contributed by atoms with Crippen molar-refractivity contribution in [3.63, 3.8) is 0 Å². The van der Waals surface area contributed by atoms with Crippen molar-refractivity contribution in [1.29, 1.82) is 0 Å². The molecule has 0 aliphatic rings. The second-order valence-electron chi connectivity index (χ2n) is 9.65. The van der Waals surface area contributed by atoms with Gasteiger partial charge < -0.3 is 5.32 Å². The lowest BCUT2D eigenvalue weighted by Gasteiger charge is -2.38. The van der Waals surface area contributed by atoms with E-state index in [0.717, 1.165) is 19.3 Å². The lowest BCUT2D eigenvalue weighted by molar-refractivity contribution is -0.133. The molecular formula is C20H43NO. The summed E-state index contributed by atoms with van der Waals surface area (Å²) in [6, 6.07) is 0. The van der Waals surface area contributed by atoms with Crippen molar-refractivity contribution in [1.82, 2.24) is 5.32 Å². The maximum Gasteiger partial charge on any atom is 0.226 e. The minimum atomic E-state index is -0.325. The fourth-order valence-electron chi connectivity index (χ4n) is 3.25. The van der Waals surface area contributed by atoms with Crippen LogP contribution in [0.5, 0.6) is 0 Å². The summed E-state index contributed by atoms with van der Waals surface area (Å²) >= 11 is 0. The zero-order valence-electron chi connectivity index (χ0n) is 17.5. The van der Waals surface area contributed by atoms with E-state index in [0.29, 0.717) is 0 Å². The summed E-state index contributed by atoms with van der Waals surface area (Å²) in [5, 5.41) is 3.26. The SMILES string of the molecule is CC.CCC(C)(C)CC(C)(C)C(=O)NC(C)(C)CC(C)(C)C. The Bertz CT molecular complexity index is 332. The number of hydrogen-bond acceptors (Lipinski definition) is 1. The Kier molecular flexibility index (Phi) is 9.02. The van der Waals surface area contributed by atoms with Gasteiger partial charge in [0.25, 0.3) is 0 Å². The summed E-state index contributed by atoms with van der Waals surface area (Å²) in [7, 11) is 0. The maximum absolute atomic E-state index is 12.6. The third-order valence-electron chi connectivity index (χ3n) is 3.92. The van der Waals surface area contributed by atoms with Gasteiger partial charge in [0.05, 0.1) is 0 Å². The standard InChI is InChI=1S/C18H37NO.C2H6/c1-11-16(5,6)13-17(7,8)14(20)19-18(9,10)12-15(2,3)4;1-2/h11-13H2,1-10H3,(H,19,20);1-2H3. The van der Waals surface area contributed by atoms with Gasteiger partial charge in [0, 0.05) is 11.0 Å². The molecule has 134 valence electrons. The number of carbonyl (C=O) groups is 1. The topological polar surface area (TPSA) is 29.1 Å². The van der Waals surface area contributed by atoms with Crippen molar-refractivity contribution in [3.05, 3.63) is 0 Å². The summed E-state index contributed by atoms with van der Waals surface area (Å²) in [5.41, 5.74) is -0.0732. The largest absolute Gasteiger partial charge is 0.351 e. The van der Waals surface area contributed by atoms with E-state index in [-0.39, 0.29) is 27.7 Å². The van der Waals surface area contributed by atoms with Crippen LogP contribution >= 0.6 is 0 Å². The van der Waals surface area contributed by atoms with Gasteiger partial charge in [-0.25, -0.2) is 0 Å². The van der Waals surface area contributed by atoms with Crippen LogP contribution in [-0.2, 0) is 4.79 Å². The molecular weight excluding hydrogens is 270 g/mol. The Morgan fingerprint density at radius 1 is 0.818 bits per heavy atom. The molecule has 0 aliphatic carbocycles. The molecule has 0 aromatic carbocycles. The van der Waals surface area contributed by atoms with E-state index in [9.17, 15) is 4.79 Å². The lowest BCUT2D eigenvalue weighted by Crippen LogP contribution is -2.51. The van der Waals surface area contributed by atoms with Gasteiger partial charge in [-0.3, -0.25) is 4.79 Å². The summed E-state index contributed by atoms with van der Waals surface area (Å²) < 4.78 is 0. The van der Waals surface area contributed by atoms with E-state index in [1.54, 1.807) is 0 Å². The highest BCUT2D eigenvalue weighted by molar-refractivity contribution is 5.82. The highest BCUT2D eigenvalue weighted by atomic mass is 16.2. The van der Waals surface area contributed by atoms with Crippen LogP contribution in [0, 0.1) is 16.2 Å². The van der Waals surface area contributed by atoms with Gasteiger partial charge in [0.1, 0.15) is 0 Å². The van der Waals surface area contributed by atoms with Gasteiger partial charge in [-0.2, -0.15) is 0 Å². The Labute approximate surface area is 140 Å². The smallest absolute Gasteiger partial charge is 0.226 e. The highest BCUT2D eigenvalue weighted by Crippen LogP contribution is 2.37. The molecule has 0 heterocycles. The first-order valence-electron chi connectivity index (χ1n) is 8.93. The molecule has 0 atom stereocenters. The molecule has 0 spiro atoms. The van der Waals surface area contributed by atoms with Crippen LogP contribution in [0.1, 0.15) is 102 Å². The molecule has 2 heteroatoms. The van der Waals surface area contributed by atoms with Crippen LogP contribution in [-0.4, -0.2) is 11.4 Å². The van der Waals surface area contributed by atoms with Crippen molar-refractivity contribution < 1.29 is 4.79 Å². The predicted octanol–water partition coefficient (Wildman–Crippen LogP) is 6.20. The monoisotopic (exact) mass is 313 g/mol. The molecule has 0 aromatic rings. The Hall–Kier alpha value is -0.530. The van der Waals surface area contributed by atoms with Crippen LogP contribution < -0.4 is 5.32 Å². The highest BCUT2D eigenvalue weighted by Gasteiger charge is 2.37. The number of rotatable bonds is 6. The van der Waals surface area contributed by atoms with Crippen molar-refractivity contribution in [2.24, 2.45) is 16.2 Å². The Morgan fingerprint density at radius 3 is 1.55 bits per heavy atom. The maximum atomic E-state index is 12.6. The minimum absolute atomic E-state index is 0.164. The number of amides is 1. The molecule has 0 unspecified atom stereocenters. The number of nitrogens with one attached hydrogen (secondary N) is 1. The molecule has 0 aromatic heterocycles. The normalized spacial score (nSPS) is 13.3. The second-order valence-corrected chi connectivity index (χ2v) is 9.65. The van der Waals surface area contributed by atoms with Crippen molar-refractivity contribution in [2.45, 2.75) is 108 Å². The molecule has 22 heavy (non-hydrogen) atoms.